The van der Waals surface area contributed by atoms with Gasteiger partial charge in [-0.05, 0) is 67.7 Å². The van der Waals surface area contributed by atoms with Gasteiger partial charge in [-0.25, -0.2) is 0 Å². The Kier molecular flexibility index (Phi) is 3.59. The SMILES string of the molecule is O=C1C[C@@H](C(=O)N(Cc2ccc3[nH]ccc3c2)C2CC2)C2(CCCC2)O1. The zero-order chi connectivity index (χ0) is 17.7. The third-order valence-electron chi connectivity index (χ3n) is 6.31. The van der Waals surface area contributed by atoms with Gasteiger partial charge >= 0.3 is 5.97 Å². The Hall–Kier alpha value is -2.30. The molecule has 2 heterocycles. The van der Waals surface area contributed by atoms with Gasteiger partial charge in [0.15, 0.2) is 0 Å². The molecule has 1 atom stereocenters. The Morgan fingerprint density at radius 2 is 2.04 bits per heavy atom. The minimum Gasteiger partial charge on any atom is -0.458 e. The number of carbonyl (C=O) groups is 2. The molecule has 2 saturated carbocycles. The van der Waals surface area contributed by atoms with Crippen LogP contribution in [0.3, 0.4) is 0 Å². The molecule has 0 radical (unpaired) electrons. The minimum absolute atomic E-state index is 0.120. The predicted molar refractivity (Wildman–Crippen MR) is 97.3 cm³/mol. The van der Waals surface area contributed by atoms with Crippen molar-refractivity contribution in [3.05, 3.63) is 36.0 Å². The van der Waals surface area contributed by atoms with Crippen LogP contribution in [-0.2, 0) is 20.9 Å². The van der Waals surface area contributed by atoms with Gasteiger partial charge in [0.25, 0.3) is 0 Å². The van der Waals surface area contributed by atoms with Crippen molar-refractivity contribution in [3.63, 3.8) is 0 Å². The number of fused-ring (bicyclic) bond motifs is 1. The molecule has 1 spiro atoms. The van der Waals surface area contributed by atoms with Crippen LogP contribution in [0.4, 0.5) is 0 Å². The van der Waals surface area contributed by atoms with Crippen LogP contribution in [0, 0.1) is 5.92 Å². The summed E-state index contributed by atoms with van der Waals surface area (Å²) >= 11 is 0. The number of rotatable bonds is 4. The molecule has 5 rings (SSSR count). The molecule has 1 amide bonds. The van der Waals surface area contributed by atoms with E-state index < -0.39 is 5.60 Å². The first kappa shape index (κ1) is 15.9. The summed E-state index contributed by atoms with van der Waals surface area (Å²) in [5.41, 5.74) is 1.73. The lowest BCUT2D eigenvalue weighted by Crippen LogP contribution is -2.45. The fourth-order valence-corrected chi connectivity index (χ4v) is 4.80. The van der Waals surface area contributed by atoms with Gasteiger partial charge in [-0.2, -0.15) is 0 Å². The molecule has 5 nitrogen and oxygen atoms in total. The molecule has 0 unspecified atom stereocenters. The molecule has 3 aliphatic rings. The van der Waals surface area contributed by atoms with Crippen LogP contribution in [0.2, 0.25) is 0 Å². The molecule has 26 heavy (non-hydrogen) atoms. The van der Waals surface area contributed by atoms with Crippen LogP contribution < -0.4 is 0 Å². The van der Waals surface area contributed by atoms with E-state index >= 15 is 0 Å². The highest BCUT2D eigenvalue weighted by molar-refractivity contribution is 5.88. The first-order valence-corrected chi connectivity index (χ1v) is 9.73. The van der Waals surface area contributed by atoms with Crippen molar-refractivity contribution in [1.29, 1.82) is 0 Å². The van der Waals surface area contributed by atoms with Crippen molar-refractivity contribution in [1.82, 2.24) is 9.88 Å². The third-order valence-corrected chi connectivity index (χ3v) is 6.31. The molecule has 1 saturated heterocycles. The number of carbonyl (C=O) groups excluding carboxylic acids is 2. The average Bonchev–Trinajstić information content (AvgIpc) is 3.04. The second-order valence-electron chi connectivity index (χ2n) is 8.10. The molecule has 0 bridgehead atoms. The molecule has 1 aliphatic heterocycles. The molecule has 2 aromatic rings. The summed E-state index contributed by atoms with van der Waals surface area (Å²) in [6, 6.07) is 8.68. The number of nitrogens with zero attached hydrogens (tertiary/aromatic N) is 1. The molecular formula is C21H24N2O3. The van der Waals surface area contributed by atoms with E-state index in [4.69, 9.17) is 4.74 Å². The van der Waals surface area contributed by atoms with Crippen molar-refractivity contribution in [2.24, 2.45) is 5.92 Å². The first-order valence-electron chi connectivity index (χ1n) is 9.73. The molecule has 136 valence electrons. The smallest absolute Gasteiger partial charge is 0.307 e. The van der Waals surface area contributed by atoms with Gasteiger partial charge in [-0.3, -0.25) is 9.59 Å². The highest BCUT2D eigenvalue weighted by atomic mass is 16.6. The van der Waals surface area contributed by atoms with Gasteiger partial charge in [0, 0.05) is 24.3 Å². The highest BCUT2D eigenvalue weighted by Gasteiger charge is 2.55. The first-order chi connectivity index (χ1) is 12.6. The van der Waals surface area contributed by atoms with Crippen molar-refractivity contribution in [2.75, 3.05) is 0 Å². The van der Waals surface area contributed by atoms with Crippen LogP contribution in [0.1, 0.15) is 50.5 Å². The quantitative estimate of drug-likeness (QED) is 0.856. The number of amides is 1. The lowest BCUT2D eigenvalue weighted by molar-refractivity contribution is -0.152. The van der Waals surface area contributed by atoms with Crippen molar-refractivity contribution >= 4 is 22.8 Å². The Morgan fingerprint density at radius 3 is 2.81 bits per heavy atom. The maximum atomic E-state index is 13.4. The largest absolute Gasteiger partial charge is 0.458 e. The van der Waals surface area contributed by atoms with Crippen LogP contribution in [0.25, 0.3) is 10.9 Å². The van der Waals surface area contributed by atoms with E-state index in [0.717, 1.165) is 55.0 Å². The molecule has 3 fully saturated rings. The topological polar surface area (TPSA) is 62.4 Å². The van der Waals surface area contributed by atoms with Crippen molar-refractivity contribution < 1.29 is 14.3 Å². The fourth-order valence-electron chi connectivity index (χ4n) is 4.80. The van der Waals surface area contributed by atoms with Gasteiger partial charge in [0.05, 0.1) is 12.3 Å². The van der Waals surface area contributed by atoms with Gasteiger partial charge in [0.1, 0.15) is 5.60 Å². The summed E-state index contributed by atoms with van der Waals surface area (Å²) < 4.78 is 5.70. The summed E-state index contributed by atoms with van der Waals surface area (Å²) in [7, 11) is 0. The summed E-state index contributed by atoms with van der Waals surface area (Å²) in [5.74, 6) is -0.377. The Balaban J connectivity index is 1.41. The van der Waals surface area contributed by atoms with E-state index in [1.807, 2.05) is 11.1 Å². The van der Waals surface area contributed by atoms with Gasteiger partial charge in [0.2, 0.25) is 5.91 Å². The maximum Gasteiger partial charge on any atom is 0.307 e. The van der Waals surface area contributed by atoms with E-state index in [1.54, 1.807) is 0 Å². The van der Waals surface area contributed by atoms with E-state index in [0.29, 0.717) is 12.6 Å². The fraction of sp³-hybridized carbons (Fsp3) is 0.524. The molecule has 5 heteroatoms. The molecule has 1 aromatic heterocycles. The van der Waals surface area contributed by atoms with E-state index in [2.05, 4.69) is 29.2 Å². The molecule has 1 N–H and O–H groups in total. The summed E-state index contributed by atoms with van der Waals surface area (Å²) in [6.07, 6.45) is 8.07. The van der Waals surface area contributed by atoms with Gasteiger partial charge in [-0.15, -0.1) is 0 Å². The number of hydrogen-bond acceptors (Lipinski definition) is 3. The minimum atomic E-state index is -0.522. The van der Waals surface area contributed by atoms with Crippen molar-refractivity contribution in [3.8, 4) is 0 Å². The van der Waals surface area contributed by atoms with Gasteiger partial charge in [-0.1, -0.05) is 6.07 Å². The maximum absolute atomic E-state index is 13.4. The standard InChI is InChI=1S/C21H24N2O3/c24-19-12-17(21(26-19)8-1-2-9-21)20(25)23(16-4-5-16)13-14-3-6-18-15(11-14)7-10-22-18/h3,6-7,10-11,16-17,22H,1-2,4-5,8-9,12-13H2/t17-/m0/s1. The molecule has 1 aromatic carbocycles. The normalized spacial score (nSPS) is 24.3. The number of aromatic nitrogens is 1. The lowest BCUT2D eigenvalue weighted by Gasteiger charge is -2.33. The number of benzene rings is 1. The second-order valence-corrected chi connectivity index (χ2v) is 8.10. The number of ether oxygens (including phenoxy) is 1. The Labute approximate surface area is 152 Å². The molecular weight excluding hydrogens is 328 g/mol. The highest BCUT2D eigenvalue weighted by Crippen LogP contribution is 2.47. The Morgan fingerprint density at radius 1 is 1.23 bits per heavy atom. The summed E-state index contributed by atoms with van der Waals surface area (Å²) in [6.45, 7) is 0.616. The third kappa shape index (κ3) is 2.61. The van der Waals surface area contributed by atoms with Crippen LogP contribution >= 0.6 is 0 Å². The van der Waals surface area contributed by atoms with Crippen LogP contribution in [0.5, 0.6) is 0 Å². The van der Waals surface area contributed by atoms with Crippen LogP contribution in [-0.4, -0.2) is 33.4 Å². The van der Waals surface area contributed by atoms with Crippen LogP contribution in [0.15, 0.2) is 30.5 Å². The number of esters is 1. The number of aromatic amines is 1. The van der Waals surface area contributed by atoms with Crippen molar-refractivity contribution in [2.45, 2.75) is 63.1 Å². The number of nitrogens with one attached hydrogen (secondary N) is 1. The van der Waals surface area contributed by atoms with Gasteiger partial charge < -0.3 is 14.6 Å². The zero-order valence-electron chi connectivity index (χ0n) is 14.9. The predicted octanol–water partition coefficient (Wildman–Crippen LogP) is 3.53. The molecule has 2 aliphatic carbocycles. The van der Waals surface area contributed by atoms with E-state index in [1.165, 1.54) is 0 Å². The zero-order valence-corrected chi connectivity index (χ0v) is 14.9. The van der Waals surface area contributed by atoms with E-state index in [-0.39, 0.29) is 24.2 Å². The summed E-state index contributed by atoms with van der Waals surface area (Å²) in [5, 5.41) is 1.16. The number of hydrogen-bond donors (Lipinski definition) is 1. The Bertz CT molecular complexity index is 861. The second kappa shape index (κ2) is 5.86. The summed E-state index contributed by atoms with van der Waals surface area (Å²) in [4.78, 5) is 30.7. The average molecular weight is 352 g/mol. The number of H-pyrrole nitrogens is 1. The monoisotopic (exact) mass is 352 g/mol. The van der Waals surface area contributed by atoms with E-state index in [9.17, 15) is 9.59 Å². The lowest BCUT2D eigenvalue weighted by atomic mass is 9.84.